The van der Waals surface area contributed by atoms with E-state index in [1.165, 1.54) is 12.1 Å². The number of benzene rings is 2. The van der Waals surface area contributed by atoms with Gasteiger partial charge in [-0.3, -0.25) is 19.0 Å². The third kappa shape index (κ3) is 2.67. The van der Waals surface area contributed by atoms with Crippen LogP contribution in [-0.4, -0.2) is 32.4 Å². The predicted octanol–water partition coefficient (Wildman–Crippen LogP) is 1.46. The van der Waals surface area contributed by atoms with Crippen LogP contribution in [0.2, 0.25) is 0 Å². The quantitative estimate of drug-likeness (QED) is 0.654. The number of carbonyl (C=O) groups is 3. The minimum Gasteiger partial charge on any atom is -0.328 e. The van der Waals surface area contributed by atoms with Gasteiger partial charge in [0.05, 0.1) is 22.0 Å². The average Bonchev–Trinajstić information content (AvgIpc) is 2.90. The summed E-state index contributed by atoms with van der Waals surface area (Å²) in [6.07, 6.45) is 0. The lowest BCUT2D eigenvalue weighted by atomic mass is 10.1. The Kier molecular flexibility index (Phi) is 3.80. The summed E-state index contributed by atoms with van der Waals surface area (Å²) in [5.74, 6) is -2.04. The monoisotopic (exact) mass is 363 g/mol. The Labute approximate surface area is 152 Å². The van der Waals surface area contributed by atoms with Gasteiger partial charge in [0, 0.05) is 0 Å². The standard InChI is InChI=1S/C19H13N3O5/c1-11-20-15-9-5-4-8-14(15)17(24)21(11)10-16(23)27-22-18(25)12-6-2-3-7-13(12)19(22)26/h2-9H,10H2,1H3. The smallest absolute Gasteiger partial charge is 0.328 e. The number of hydrogen-bond donors (Lipinski definition) is 0. The first kappa shape index (κ1) is 16.6. The highest BCUT2D eigenvalue weighted by Crippen LogP contribution is 2.22. The van der Waals surface area contributed by atoms with Gasteiger partial charge >= 0.3 is 5.97 Å². The number of nitrogens with zero attached hydrogens (tertiary/aromatic N) is 3. The first-order chi connectivity index (χ1) is 13.0. The van der Waals surface area contributed by atoms with Gasteiger partial charge in [-0.2, -0.15) is 0 Å². The summed E-state index contributed by atoms with van der Waals surface area (Å²) >= 11 is 0. The first-order valence-electron chi connectivity index (χ1n) is 8.12. The van der Waals surface area contributed by atoms with Gasteiger partial charge < -0.3 is 4.84 Å². The van der Waals surface area contributed by atoms with Crippen molar-refractivity contribution in [1.82, 2.24) is 14.6 Å². The number of para-hydroxylation sites is 1. The second kappa shape index (κ2) is 6.17. The van der Waals surface area contributed by atoms with E-state index in [2.05, 4.69) is 4.98 Å². The number of fused-ring (bicyclic) bond motifs is 2. The molecule has 0 atom stereocenters. The maximum absolute atomic E-state index is 12.6. The van der Waals surface area contributed by atoms with Crippen LogP contribution >= 0.6 is 0 Å². The Morgan fingerprint density at radius 1 is 0.963 bits per heavy atom. The van der Waals surface area contributed by atoms with Crippen LogP contribution in [0.3, 0.4) is 0 Å². The second-order valence-electron chi connectivity index (χ2n) is 5.98. The summed E-state index contributed by atoms with van der Waals surface area (Å²) in [5.41, 5.74) is 0.439. The second-order valence-corrected chi connectivity index (χ2v) is 5.98. The zero-order valence-corrected chi connectivity index (χ0v) is 14.2. The van der Waals surface area contributed by atoms with E-state index in [1.807, 2.05) is 0 Å². The lowest BCUT2D eigenvalue weighted by Crippen LogP contribution is -2.36. The van der Waals surface area contributed by atoms with E-state index in [0.717, 1.165) is 4.57 Å². The SMILES string of the molecule is Cc1nc2ccccc2c(=O)n1CC(=O)ON1C(=O)c2ccccc2C1=O. The molecule has 0 bridgehead atoms. The molecule has 2 heterocycles. The van der Waals surface area contributed by atoms with E-state index in [9.17, 15) is 19.2 Å². The van der Waals surface area contributed by atoms with E-state index in [1.54, 1.807) is 43.3 Å². The fourth-order valence-electron chi connectivity index (χ4n) is 2.98. The van der Waals surface area contributed by atoms with Crippen molar-refractivity contribution in [3.8, 4) is 0 Å². The van der Waals surface area contributed by atoms with E-state index in [0.29, 0.717) is 21.8 Å². The zero-order chi connectivity index (χ0) is 19.1. The van der Waals surface area contributed by atoms with Crippen LogP contribution in [0.5, 0.6) is 0 Å². The molecule has 0 spiro atoms. The molecule has 8 heteroatoms. The molecule has 0 aliphatic carbocycles. The van der Waals surface area contributed by atoms with E-state index >= 15 is 0 Å². The number of hydrogen-bond acceptors (Lipinski definition) is 6. The van der Waals surface area contributed by atoms with Crippen molar-refractivity contribution in [2.75, 3.05) is 0 Å². The van der Waals surface area contributed by atoms with Crippen molar-refractivity contribution >= 4 is 28.7 Å². The molecule has 0 radical (unpaired) electrons. The van der Waals surface area contributed by atoms with Crippen molar-refractivity contribution in [1.29, 1.82) is 0 Å². The highest BCUT2D eigenvalue weighted by molar-refractivity contribution is 6.20. The summed E-state index contributed by atoms with van der Waals surface area (Å²) < 4.78 is 1.14. The topological polar surface area (TPSA) is 98.6 Å². The van der Waals surface area contributed by atoms with Gasteiger partial charge in [-0.1, -0.05) is 29.3 Å². The van der Waals surface area contributed by atoms with E-state index in [-0.39, 0.29) is 11.1 Å². The number of carbonyl (C=O) groups excluding carboxylic acids is 3. The van der Waals surface area contributed by atoms with Crippen molar-refractivity contribution in [3.05, 3.63) is 75.8 Å². The Hall–Kier alpha value is -3.81. The molecule has 2 aromatic carbocycles. The Morgan fingerprint density at radius 2 is 1.56 bits per heavy atom. The van der Waals surface area contributed by atoms with Gasteiger partial charge in [-0.05, 0) is 31.2 Å². The molecule has 2 amide bonds. The number of aryl methyl sites for hydroxylation is 1. The third-order valence-corrected chi connectivity index (χ3v) is 4.29. The number of hydroxylamine groups is 2. The largest absolute Gasteiger partial charge is 0.352 e. The molecule has 0 fully saturated rings. The van der Waals surface area contributed by atoms with Crippen LogP contribution in [0.15, 0.2) is 53.3 Å². The van der Waals surface area contributed by atoms with Crippen molar-refractivity contribution in [2.45, 2.75) is 13.5 Å². The number of aromatic nitrogens is 2. The van der Waals surface area contributed by atoms with Crippen LogP contribution < -0.4 is 5.56 Å². The molecule has 0 saturated carbocycles. The van der Waals surface area contributed by atoms with E-state index in [4.69, 9.17) is 4.84 Å². The Balaban J connectivity index is 1.60. The van der Waals surface area contributed by atoms with Crippen LogP contribution in [0.25, 0.3) is 10.9 Å². The van der Waals surface area contributed by atoms with E-state index < -0.39 is 29.9 Å². The fourth-order valence-corrected chi connectivity index (χ4v) is 2.98. The fraction of sp³-hybridized carbons (Fsp3) is 0.105. The van der Waals surface area contributed by atoms with Crippen LogP contribution in [0, 0.1) is 6.92 Å². The van der Waals surface area contributed by atoms with Gasteiger partial charge in [0.1, 0.15) is 12.4 Å². The highest BCUT2D eigenvalue weighted by atomic mass is 16.7. The van der Waals surface area contributed by atoms with Crippen molar-refractivity contribution < 1.29 is 19.2 Å². The van der Waals surface area contributed by atoms with Gasteiger partial charge in [0.2, 0.25) is 0 Å². The molecule has 0 unspecified atom stereocenters. The molecular formula is C19H13N3O5. The van der Waals surface area contributed by atoms with Crippen LogP contribution in [-0.2, 0) is 16.2 Å². The molecule has 0 saturated heterocycles. The molecule has 134 valence electrons. The Morgan fingerprint density at radius 3 is 2.22 bits per heavy atom. The van der Waals surface area contributed by atoms with Gasteiger partial charge in [-0.15, -0.1) is 0 Å². The van der Waals surface area contributed by atoms with Gasteiger partial charge in [-0.25, -0.2) is 9.78 Å². The van der Waals surface area contributed by atoms with Crippen molar-refractivity contribution in [2.24, 2.45) is 0 Å². The molecule has 1 aliphatic rings. The average molecular weight is 363 g/mol. The summed E-state index contributed by atoms with van der Waals surface area (Å²) in [6.45, 7) is 1.11. The maximum atomic E-state index is 12.6. The zero-order valence-electron chi connectivity index (χ0n) is 14.2. The van der Waals surface area contributed by atoms with Gasteiger partial charge in [0.25, 0.3) is 17.4 Å². The predicted molar refractivity (Wildman–Crippen MR) is 93.8 cm³/mol. The molecule has 0 N–H and O–H groups in total. The minimum absolute atomic E-state index is 0.163. The van der Waals surface area contributed by atoms with Crippen molar-refractivity contribution in [3.63, 3.8) is 0 Å². The normalized spacial score (nSPS) is 13.1. The molecule has 27 heavy (non-hydrogen) atoms. The molecule has 1 aromatic heterocycles. The summed E-state index contributed by atoms with van der Waals surface area (Å²) in [7, 11) is 0. The molecule has 1 aliphatic heterocycles. The number of rotatable bonds is 3. The lowest BCUT2D eigenvalue weighted by Gasteiger charge is -2.14. The minimum atomic E-state index is -0.924. The first-order valence-corrected chi connectivity index (χ1v) is 8.12. The number of amides is 2. The Bertz CT molecular complexity index is 1150. The lowest BCUT2D eigenvalue weighted by molar-refractivity contribution is -0.169. The molecular weight excluding hydrogens is 350 g/mol. The number of imide groups is 1. The molecule has 3 aromatic rings. The summed E-state index contributed by atoms with van der Waals surface area (Å²) in [5, 5.41) is 0.776. The van der Waals surface area contributed by atoms with Crippen LogP contribution in [0.1, 0.15) is 26.5 Å². The van der Waals surface area contributed by atoms with Crippen LogP contribution in [0.4, 0.5) is 0 Å². The third-order valence-electron chi connectivity index (χ3n) is 4.29. The molecule has 4 rings (SSSR count). The molecule has 8 nitrogen and oxygen atoms in total. The highest BCUT2D eigenvalue weighted by Gasteiger charge is 2.38. The maximum Gasteiger partial charge on any atom is 0.352 e. The summed E-state index contributed by atoms with van der Waals surface area (Å²) in [4.78, 5) is 58.6. The summed E-state index contributed by atoms with van der Waals surface area (Å²) in [6, 6.07) is 12.9. The van der Waals surface area contributed by atoms with Gasteiger partial charge in [0.15, 0.2) is 0 Å².